The van der Waals surface area contributed by atoms with Crippen molar-refractivity contribution >= 4 is 15.9 Å². The van der Waals surface area contributed by atoms with E-state index in [4.69, 9.17) is 4.52 Å². The van der Waals surface area contributed by atoms with Gasteiger partial charge in [0.25, 0.3) is 0 Å². The van der Waals surface area contributed by atoms with E-state index in [9.17, 15) is 17.6 Å². The highest BCUT2D eigenvalue weighted by Gasteiger charge is 2.18. The van der Waals surface area contributed by atoms with Crippen LogP contribution in [0, 0.1) is 5.82 Å². The molecule has 9 heteroatoms. The standard InChI is InChI=1S/C14H16FN3O4S/c1-18(2)14(19)8-16-23(20,21)9-12-7-13(17-22-12)10-3-5-11(15)6-4-10/h3-7,16H,8-9H2,1-2H3. The average Bonchev–Trinajstić information content (AvgIpc) is 2.93. The fraction of sp³-hybridized carbons (Fsp3) is 0.286. The second-order valence-electron chi connectivity index (χ2n) is 5.05. The molecule has 1 heterocycles. The van der Waals surface area contributed by atoms with E-state index in [-0.39, 0.29) is 24.0 Å². The molecule has 0 fully saturated rings. The van der Waals surface area contributed by atoms with Crippen LogP contribution in [0.4, 0.5) is 4.39 Å². The molecule has 0 atom stereocenters. The van der Waals surface area contributed by atoms with Gasteiger partial charge in [-0.1, -0.05) is 5.16 Å². The monoisotopic (exact) mass is 341 g/mol. The molecule has 0 aliphatic carbocycles. The van der Waals surface area contributed by atoms with Gasteiger partial charge in [-0.2, -0.15) is 0 Å². The van der Waals surface area contributed by atoms with E-state index in [1.54, 1.807) is 0 Å². The summed E-state index contributed by atoms with van der Waals surface area (Å²) in [5.41, 5.74) is 1.01. The molecule has 0 unspecified atom stereocenters. The van der Waals surface area contributed by atoms with E-state index in [1.807, 2.05) is 0 Å². The lowest BCUT2D eigenvalue weighted by molar-refractivity contribution is -0.127. The van der Waals surface area contributed by atoms with Crippen molar-refractivity contribution in [3.05, 3.63) is 41.9 Å². The number of carbonyl (C=O) groups is 1. The van der Waals surface area contributed by atoms with Crippen molar-refractivity contribution < 1.29 is 22.1 Å². The topological polar surface area (TPSA) is 92.5 Å². The fourth-order valence-electron chi connectivity index (χ4n) is 1.71. The first-order chi connectivity index (χ1) is 10.8. The van der Waals surface area contributed by atoms with Gasteiger partial charge in [0.2, 0.25) is 15.9 Å². The number of nitrogens with one attached hydrogen (secondary N) is 1. The van der Waals surface area contributed by atoms with Gasteiger partial charge < -0.3 is 9.42 Å². The zero-order valence-corrected chi connectivity index (χ0v) is 13.4. The predicted molar refractivity (Wildman–Crippen MR) is 81.2 cm³/mol. The Balaban J connectivity index is 2.03. The lowest BCUT2D eigenvalue weighted by atomic mass is 10.1. The number of aromatic nitrogens is 1. The lowest BCUT2D eigenvalue weighted by Crippen LogP contribution is -2.36. The van der Waals surface area contributed by atoms with Crippen molar-refractivity contribution in [2.24, 2.45) is 0 Å². The van der Waals surface area contributed by atoms with E-state index < -0.39 is 15.8 Å². The first-order valence-electron chi connectivity index (χ1n) is 6.66. The summed E-state index contributed by atoms with van der Waals surface area (Å²) in [6, 6.07) is 7.03. The van der Waals surface area contributed by atoms with Crippen LogP contribution in [0.1, 0.15) is 5.76 Å². The summed E-state index contributed by atoms with van der Waals surface area (Å²) in [6.07, 6.45) is 0. The molecule has 1 N–H and O–H groups in total. The Morgan fingerprint density at radius 1 is 1.30 bits per heavy atom. The first-order valence-corrected chi connectivity index (χ1v) is 8.31. The maximum atomic E-state index is 12.9. The minimum absolute atomic E-state index is 0.120. The number of hydrogen-bond acceptors (Lipinski definition) is 5. The molecule has 2 aromatic rings. The molecule has 0 bridgehead atoms. The molecular formula is C14H16FN3O4S. The van der Waals surface area contributed by atoms with Crippen molar-refractivity contribution in [3.8, 4) is 11.3 Å². The third-order valence-electron chi connectivity index (χ3n) is 2.97. The molecule has 7 nitrogen and oxygen atoms in total. The van der Waals surface area contributed by atoms with Crippen LogP contribution in [-0.4, -0.2) is 45.0 Å². The number of benzene rings is 1. The Hall–Kier alpha value is -2.26. The zero-order valence-electron chi connectivity index (χ0n) is 12.6. The third-order valence-corrected chi connectivity index (χ3v) is 4.22. The van der Waals surface area contributed by atoms with Gasteiger partial charge in [-0.05, 0) is 24.3 Å². The van der Waals surface area contributed by atoms with Crippen molar-refractivity contribution in [2.75, 3.05) is 20.6 Å². The molecule has 1 aromatic heterocycles. The summed E-state index contributed by atoms with van der Waals surface area (Å²) >= 11 is 0. The number of rotatable bonds is 6. The van der Waals surface area contributed by atoms with Crippen LogP contribution in [0.2, 0.25) is 0 Å². The number of nitrogens with zero attached hydrogens (tertiary/aromatic N) is 2. The minimum Gasteiger partial charge on any atom is -0.360 e. The molecule has 1 aromatic carbocycles. The summed E-state index contributed by atoms with van der Waals surface area (Å²) in [5.74, 6) is -1.07. The van der Waals surface area contributed by atoms with E-state index in [0.29, 0.717) is 11.3 Å². The molecule has 2 rings (SSSR count). The maximum Gasteiger partial charge on any atom is 0.237 e. The minimum atomic E-state index is -3.73. The van der Waals surface area contributed by atoms with Crippen molar-refractivity contribution in [1.29, 1.82) is 0 Å². The maximum absolute atomic E-state index is 12.9. The second kappa shape index (κ2) is 6.88. The van der Waals surface area contributed by atoms with Crippen LogP contribution < -0.4 is 4.72 Å². The predicted octanol–water partition coefficient (Wildman–Crippen LogP) is 0.988. The summed E-state index contributed by atoms with van der Waals surface area (Å²) in [7, 11) is -0.670. The number of carbonyl (C=O) groups excluding carboxylic acids is 1. The molecule has 0 saturated heterocycles. The number of sulfonamides is 1. The average molecular weight is 341 g/mol. The van der Waals surface area contributed by atoms with Crippen molar-refractivity contribution in [1.82, 2.24) is 14.8 Å². The van der Waals surface area contributed by atoms with Crippen LogP contribution in [0.15, 0.2) is 34.9 Å². The first kappa shape index (κ1) is 17.1. The van der Waals surface area contributed by atoms with Crippen molar-refractivity contribution in [2.45, 2.75) is 5.75 Å². The van der Waals surface area contributed by atoms with E-state index in [2.05, 4.69) is 9.88 Å². The van der Waals surface area contributed by atoms with E-state index in [0.717, 1.165) is 0 Å². The highest BCUT2D eigenvalue weighted by molar-refractivity contribution is 7.88. The van der Waals surface area contributed by atoms with Gasteiger partial charge in [0, 0.05) is 25.7 Å². The van der Waals surface area contributed by atoms with Gasteiger partial charge in [0.15, 0.2) is 5.76 Å². The summed E-state index contributed by atoms with van der Waals surface area (Å²) in [5, 5.41) is 3.76. The Morgan fingerprint density at radius 2 is 1.96 bits per heavy atom. The highest BCUT2D eigenvalue weighted by atomic mass is 32.2. The lowest BCUT2D eigenvalue weighted by Gasteiger charge is -2.10. The third kappa shape index (κ3) is 4.86. The van der Waals surface area contributed by atoms with Crippen LogP contribution in [0.3, 0.4) is 0 Å². The Bertz CT molecular complexity index is 785. The SMILES string of the molecule is CN(C)C(=O)CNS(=O)(=O)Cc1cc(-c2ccc(F)cc2)no1. The summed E-state index contributed by atoms with van der Waals surface area (Å²) < 4.78 is 43.8. The largest absolute Gasteiger partial charge is 0.360 e. The molecule has 0 radical (unpaired) electrons. The molecule has 23 heavy (non-hydrogen) atoms. The zero-order chi connectivity index (χ0) is 17.0. The Morgan fingerprint density at radius 3 is 2.57 bits per heavy atom. The number of hydrogen-bond donors (Lipinski definition) is 1. The molecule has 0 aliphatic rings. The Kier molecular flexibility index (Phi) is 5.12. The van der Waals surface area contributed by atoms with Crippen molar-refractivity contribution in [3.63, 3.8) is 0 Å². The van der Waals surface area contributed by atoms with Gasteiger partial charge >= 0.3 is 0 Å². The van der Waals surface area contributed by atoms with Crippen LogP contribution >= 0.6 is 0 Å². The molecule has 0 saturated carbocycles. The number of likely N-dealkylation sites (N-methyl/N-ethyl adjacent to an activating group) is 1. The number of halogens is 1. The normalized spacial score (nSPS) is 11.4. The fourth-order valence-corrected chi connectivity index (χ4v) is 2.66. The molecule has 1 amide bonds. The smallest absolute Gasteiger partial charge is 0.237 e. The molecule has 0 aliphatic heterocycles. The molecule has 0 spiro atoms. The summed E-state index contributed by atoms with van der Waals surface area (Å²) in [4.78, 5) is 12.7. The van der Waals surface area contributed by atoms with Gasteiger partial charge in [-0.3, -0.25) is 4.79 Å². The van der Waals surface area contributed by atoms with Gasteiger partial charge in [-0.25, -0.2) is 17.5 Å². The summed E-state index contributed by atoms with van der Waals surface area (Å²) in [6.45, 7) is -0.325. The number of amides is 1. The molecular weight excluding hydrogens is 325 g/mol. The Labute approximate surface area is 133 Å². The van der Waals surface area contributed by atoms with Gasteiger partial charge in [-0.15, -0.1) is 0 Å². The van der Waals surface area contributed by atoms with Gasteiger partial charge in [0.1, 0.15) is 17.3 Å². The molecule has 124 valence electrons. The second-order valence-corrected chi connectivity index (χ2v) is 6.86. The quantitative estimate of drug-likeness (QED) is 0.846. The van der Waals surface area contributed by atoms with Crippen LogP contribution in [0.5, 0.6) is 0 Å². The van der Waals surface area contributed by atoms with Crippen LogP contribution in [-0.2, 0) is 20.6 Å². The van der Waals surface area contributed by atoms with E-state index >= 15 is 0 Å². The van der Waals surface area contributed by atoms with Crippen LogP contribution in [0.25, 0.3) is 11.3 Å². The van der Waals surface area contributed by atoms with Gasteiger partial charge in [0.05, 0.1) is 6.54 Å². The van der Waals surface area contributed by atoms with E-state index in [1.165, 1.54) is 49.3 Å². The highest BCUT2D eigenvalue weighted by Crippen LogP contribution is 2.20.